The zero-order valence-electron chi connectivity index (χ0n) is 16.2. The minimum Gasteiger partial charge on any atom is -0.245 e. The van der Waals surface area contributed by atoms with Gasteiger partial charge in [0.05, 0.1) is 23.2 Å². The molecule has 32 heavy (non-hydrogen) atoms. The quantitative estimate of drug-likeness (QED) is 0.137. The zero-order valence-corrected chi connectivity index (χ0v) is 16.2. The van der Waals surface area contributed by atoms with Crippen LogP contribution in [0.2, 0.25) is 0 Å². The lowest BCUT2D eigenvalue weighted by Gasteiger charge is -2.08. The molecule has 0 aliphatic rings. The van der Waals surface area contributed by atoms with E-state index in [0.29, 0.717) is 17.6 Å². The van der Waals surface area contributed by atoms with Crippen molar-refractivity contribution in [3.63, 3.8) is 0 Å². The summed E-state index contributed by atoms with van der Waals surface area (Å²) in [6.45, 7) is 0. The molecule has 0 saturated heterocycles. The molecule has 4 aromatic rings. The number of nitrogens with one attached hydrogen (secondary N) is 1. The molecule has 0 bridgehead atoms. The lowest BCUT2D eigenvalue weighted by Crippen LogP contribution is -2.07. The summed E-state index contributed by atoms with van der Waals surface area (Å²) in [7, 11) is 0. The van der Waals surface area contributed by atoms with Crippen LogP contribution in [0, 0.1) is 29.1 Å². The number of nitrogens with zero attached hydrogens (tertiary/aromatic N) is 3. The molecular formula is C23H13F5N4. The first-order valence-electron chi connectivity index (χ1n) is 9.26. The molecule has 0 saturated carbocycles. The van der Waals surface area contributed by atoms with Gasteiger partial charge in [0.1, 0.15) is 0 Å². The summed E-state index contributed by atoms with van der Waals surface area (Å²) in [5, 5.41) is 3.58. The Bertz CT molecular complexity index is 1210. The van der Waals surface area contributed by atoms with Crippen molar-refractivity contribution in [1.29, 1.82) is 0 Å². The summed E-state index contributed by atoms with van der Waals surface area (Å²) in [5.41, 5.74) is 3.84. The summed E-state index contributed by atoms with van der Waals surface area (Å²) in [5.74, 6) is -10.4. The van der Waals surface area contributed by atoms with E-state index in [2.05, 4.69) is 20.5 Å². The number of benzene rings is 3. The molecule has 0 spiro atoms. The molecule has 4 rings (SSSR count). The van der Waals surface area contributed by atoms with Crippen LogP contribution >= 0.6 is 0 Å². The standard InChI is InChI=1S/C23H13F5N4/c24-18-15(19(25)21(27)22(28)20(18)26)12-29-32-23-30-16(13-7-3-1-4-8-13)11-17(31-23)14-9-5-2-6-10-14/h1-12H,(H,30,31,32). The van der Waals surface area contributed by atoms with E-state index in [0.717, 1.165) is 11.1 Å². The Morgan fingerprint density at radius 3 is 1.53 bits per heavy atom. The maximum atomic E-state index is 13.8. The molecule has 4 nitrogen and oxygen atoms in total. The van der Waals surface area contributed by atoms with Crippen molar-refractivity contribution in [2.24, 2.45) is 5.10 Å². The molecule has 0 radical (unpaired) electrons. The van der Waals surface area contributed by atoms with Crippen LogP contribution in [0.25, 0.3) is 22.5 Å². The van der Waals surface area contributed by atoms with Crippen LogP contribution in [0.15, 0.2) is 71.8 Å². The number of halogens is 5. The highest BCUT2D eigenvalue weighted by molar-refractivity contribution is 5.81. The minimum absolute atomic E-state index is 0.0367. The molecule has 0 fully saturated rings. The second-order valence-corrected chi connectivity index (χ2v) is 6.55. The van der Waals surface area contributed by atoms with E-state index >= 15 is 0 Å². The van der Waals surface area contributed by atoms with Gasteiger partial charge in [0, 0.05) is 11.1 Å². The predicted octanol–water partition coefficient (Wildman–Crippen LogP) is 5.95. The van der Waals surface area contributed by atoms with Crippen LogP contribution in [0.1, 0.15) is 5.56 Å². The van der Waals surface area contributed by atoms with Crippen molar-refractivity contribution in [2.75, 3.05) is 5.43 Å². The van der Waals surface area contributed by atoms with Crippen LogP contribution in [0.4, 0.5) is 27.9 Å². The second-order valence-electron chi connectivity index (χ2n) is 6.55. The average Bonchev–Trinajstić information content (AvgIpc) is 2.84. The van der Waals surface area contributed by atoms with Crippen LogP contribution in [0.5, 0.6) is 0 Å². The van der Waals surface area contributed by atoms with E-state index in [4.69, 9.17) is 0 Å². The van der Waals surface area contributed by atoms with E-state index in [1.165, 1.54) is 0 Å². The first-order valence-corrected chi connectivity index (χ1v) is 9.26. The van der Waals surface area contributed by atoms with E-state index in [-0.39, 0.29) is 5.95 Å². The van der Waals surface area contributed by atoms with Gasteiger partial charge in [-0.1, -0.05) is 60.7 Å². The van der Waals surface area contributed by atoms with E-state index in [1.807, 2.05) is 60.7 Å². The first kappa shape index (κ1) is 21.1. The highest BCUT2D eigenvalue weighted by atomic mass is 19.2. The predicted molar refractivity (Wildman–Crippen MR) is 110 cm³/mol. The molecule has 1 N–H and O–H groups in total. The molecule has 0 aliphatic heterocycles. The van der Waals surface area contributed by atoms with Gasteiger partial charge < -0.3 is 0 Å². The SMILES string of the molecule is Fc1c(F)c(F)c(C=NNc2nc(-c3ccccc3)cc(-c3ccccc3)n2)c(F)c1F. The minimum atomic E-state index is -2.24. The number of hydrogen-bond donors (Lipinski definition) is 1. The third-order valence-electron chi connectivity index (χ3n) is 4.47. The maximum Gasteiger partial charge on any atom is 0.244 e. The van der Waals surface area contributed by atoms with E-state index < -0.39 is 34.6 Å². The summed E-state index contributed by atoms with van der Waals surface area (Å²) in [4.78, 5) is 8.65. The van der Waals surface area contributed by atoms with Gasteiger partial charge in [-0.2, -0.15) is 5.10 Å². The van der Waals surface area contributed by atoms with Gasteiger partial charge in [-0.25, -0.2) is 37.3 Å². The van der Waals surface area contributed by atoms with E-state index in [9.17, 15) is 22.0 Å². The Morgan fingerprint density at radius 2 is 1.06 bits per heavy atom. The third kappa shape index (κ3) is 4.18. The van der Waals surface area contributed by atoms with Crippen LogP contribution < -0.4 is 5.43 Å². The van der Waals surface area contributed by atoms with Gasteiger partial charge in [0.2, 0.25) is 11.8 Å². The first-order chi connectivity index (χ1) is 15.5. The molecule has 0 atom stereocenters. The fourth-order valence-corrected chi connectivity index (χ4v) is 2.90. The molecule has 1 aromatic heterocycles. The normalized spacial score (nSPS) is 11.2. The van der Waals surface area contributed by atoms with Gasteiger partial charge in [0.15, 0.2) is 23.3 Å². The average molecular weight is 440 g/mol. The van der Waals surface area contributed by atoms with E-state index in [1.54, 1.807) is 6.07 Å². The third-order valence-corrected chi connectivity index (χ3v) is 4.47. The van der Waals surface area contributed by atoms with Crippen molar-refractivity contribution in [3.8, 4) is 22.5 Å². The Morgan fingerprint density at radius 1 is 0.625 bits per heavy atom. The van der Waals surface area contributed by atoms with Crippen molar-refractivity contribution in [2.45, 2.75) is 0 Å². The van der Waals surface area contributed by atoms with Gasteiger partial charge in [0.25, 0.3) is 0 Å². The van der Waals surface area contributed by atoms with Crippen molar-refractivity contribution < 1.29 is 22.0 Å². The van der Waals surface area contributed by atoms with Crippen molar-refractivity contribution in [1.82, 2.24) is 9.97 Å². The summed E-state index contributed by atoms with van der Waals surface area (Å²) in [6.07, 6.45) is 0.483. The van der Waals surface area contributed by atoms with Crippen LogP contribution in [0.3, 0.4) is 0 Å². The van der Waals surface area contributed by atoms with Gasteiger partial charge >= 0.3 is 0 Å². The monoisotopic (exact) mass is 440 g/mol. The molecule has 9 heteroatoms. The second kappa shape index (κ2) is 8.93. The number of aromatic nitrogens is 2. The number of anilines is 1. The molecule has 160 valence electrons. The van der Waals surface area contributed by atoms with Crippen LogP contribution in [-0.2, 0) is 0 Å². The summed E-state index contributed by atoms with van der Waals surface area (Å²) < 4.78 is 67.6. The highest BCUT2D eigenvalue weighted by Crippen LogP contribution is 2.25. The Balaban J connectivity index is 1.71. The fraction of sp³-hybridized carbons (Fsp3) is 0. The summed E-state index contributed by atoms with van der Waals surface area (Å²) >= 11 is 0. The van der Waals surface area contributed by atoms with Gasteiger partial charge in [-0.3, -0.25) is 0 Å². The highest BCUT2D eigenvalue weighted by Gasteiger charge is 2.24. The zero-order chi connectivity index (χ0) is 22.7. The molecule has 0 aliphatic carbocycles. The Labute approximate surface area is 179 Å². The molecule has 1 heterocycles. The Hall–Kier alpha value is -4.14. The molecular weight excluding hydrogens is 427 g/mol. The fourth-order valence-electron chi connectivity index (χ4n) is 2.90. The molecule has 0 unspecified atom stereocenters. The number of rotatable bonds is 5. The maximum absolute atomic E-state index is 13.8. The topological polar surface area (TPSA) is 50.2 Å². The van der Waals surface area contributed by atoms with Gasteiger partial charge in [-0.05, 0) is 6.07 Å². The largest absolute Gasteiger partial charge is 0.245 e. The smallest absolute Gasteiger partial charge is 0.244 e. The number of hydrogen-bond acceptors (Lipinski definition) is 4. The molecule has 3 aromatic carbocycles. The van der Waals surface area contributed by atoms with Crippen LogP contribution in [-0.4, -0.2) is 16.2 Å². The lowest BCUT2D eigenvalue weighted by molar-refractivity contribution is 0.377. The van der Waals surface area contributed by atoms with Gasteiger partial charge in [-0.15, -0.1) is 0 Å². The lowest BCUT2D eigenvalue weighted by atomic mass is 10.1. The summed E-state index contributed by atoms with van der Waals surface area (Å²) in [6, 6.07) is 20.1. The number of hydrazone groups is 1. The molecule has 0 amide bonds. The van der Waals surface area contributed by atoms with Crippen molar-refractivity contribution >= 4 is 12.2 Å². The Kier molecular flexibility index (Phi) is 5.89. The van der Waals surface area contributed by atoms with Crippen molar-refractivity contribution in [3.05, 3.63) is 101 Å².